The van der Waals surface area contributed by atoms with Gasteiger partial charge < -0.3 is 9.84 Å². The monoisotopic (exact) mass is 450 g/mol. The van der Waals surface area contributed by atoms with Crippen LogP contribution in [-0.2, 0) is 4.79 Å². The molecule has 32 heavy (non-hydrogen) atoms. The number of ketones is 1. The van der Waals surface area contributed by atoms with Crippen molar-refractivity contribution in [2.24, 2.45) is 10.9 Å². The highest BCUT2D eigenvalue weighted by Gasteiger charge is 2.53. The zero-order valence-electron chi connectivity index (χ0n) is 17.0. The number of carbonyl (C=O) groups excluding carboxylic acids is 1. The number of thiazole rings is 1. The van der Waals surface area contributed by atoms with Gasteiger partial charge in [0.2, 0.25) is 5.72 Å². The van der Waals surface area contributed by atoms with Crippen LogP contribution in [0.1, 0.15) is 31.0 Å². The zero-order valence-corrected chi connectivity index (χ0v) is 17.8. The van der Waals surface area contributed by atoms with Gasteiger partial charge >= 0.3 is 0 Å². The van der Waals surface area contributed by atoms with Crippen LogP contribution in [0.4, 0.5) is 5.69 Å². The summed E-state index contributed by atoms with van der Waals surface area (Å²) < 4.78 is 7.78. The summed E-state index contributed by atoms with van der Waals surface area (Å²) >= 11 is 1.05. The molecule has 2 bridgehead atoms. The molecule has 5 rings (SSSR count). The Kier molecular flexibility index (Phi) is 4.31. The van der Waals surface area contributed by atoms with E-state index in [1.165, 1.54) is 17.6 Å². The molecule has 3 heterocycles. The van der Waals surface area contributed by atoms with Crippen molar-refractivity contribution in [3.8, 4) is 11.5 Å². The largest absolute Gasteiger partial charge is 0.872 e. The van der Waals surface area contributed by atoms with Crippen molar-refractivity contribution >= 4 is 28.9 Å². The maximum atomic E-state index is 13.4. The Morgan fingerprint density at radius 3 is 2.78 bits per heavy atom. The fraction of sp³-hybridized carbons (Fsp3) is 0.227. The number of nitrogens with zero attached hydrogens (tertiary/aromatic N) is 3. The van der Waals surface area contributed by atoms with Gasteiger partial charge in [-0.3, -0.25) is 24.3 Å². The number of ether oxygens (including phenoxy) is 1. The van der Waals surface area contributed by atoms with E-state index >= 15 is 0 Å². The number of para-hydroxylation sites is 1. The van der Waals surface area contributed by atoms with Crippen molar-refractivity contribution < 1.29 is 19.6 Å². The second-order valence-electron chi connectivity index (χ2n) is 7.89. The summed E-state index contributed by atoms with van der Waals surface area (Å²) in [6, 6.07) is 9.95. The predicted molar refractivity (Wildman–Crippen MR) is 113 cm³/mol. The molecule has 10 heteroatoms. The summed E-state index contributed by atoms with van der Waals surface area (Å²) in [5, 5.41) is 23.3. The van der Waals surface area contributed by atoms with E-state index < -0.39 is 33.9 Å². The number of nitro benzene ring substituents is 1. The van der Waals surface area contributed by atoms with Crippen molar-refractivity contribution in [2.45, 2.75) is 25.6 Å². The highest BCUT2D eigenvalue weighted by molar-refractivity contribution is 7.07. The minimum Gasteiger partial charge on any atom is -0.872 e. The minimum absolute atomic E-state index is 0.0319. The van der Waals surface area contributed by atoms with Gasteiger partial charge in [0, 0.05) is 17.7 Å². The standard InChI is InChI=1S/C22H17N3O6S/c1-11(26)18-19-14-5-3-4-6-16(14)31-22(18,2)23-21-24(19)20(28)17(32-21)10-12-9-13(25(29)30)7-8-15(12)27/h3-10,18-19,27H,1-2H3/p-1/b17-10-/t18-,19-,22+/m0/s1. The summed E-state index contributed by atoms with van der Waals surface area (Å²) in [6.07, 6.45) is 1.34. The van der Waals surface area contributed by atoms with Crippen molar-refractivity contribution in [1.29, 1.82) is 0 Å². The molecule has 0 aliphatic carbocycles. The van der Waals surface area contributed by atoms with Crippen LogP contribution in [0.2, 0.25) is 0 Å². The lowest BCUT2D eigenvalue weighted by molar-refractivity contribution is -0.385. The predicted octanol–water partition coefficient (Wildman–Crippen LogP) is 1.26. The number of hydrogen-bond acceptors (Lipinski definition) is 8. The molecule has 2 aromatic carbocycles. The third kappa shape index (κ3) is 2.87. The molecule has 0 amide bonds. The number of nitro groups is 1. The van der Waals surface area contributed by atoms with Gasteiger partial charge in [-0.1, -0.05) is 35.6 Å². The minimum atomic E-state index is -1.19. The number of benzene rings is 2. The van der Waals surface area contributed by atoms with Crippen LogP contribution in [0.25, 0.3) is 6.08 Å². The molecule has 0 fully saturated rings. The first kappa shape index (κ1) is 20.1. The van der Waals surface area contributed by atoms with Crippen LogP contribution < -0.4 is 24.7 Å². The summed E-state index contributed by atoms with van der Waals surface area (Å²) in [5.74, 6) is -0.760. The number of non-ortho nitro benzene ring substituents is 1. The molecule has 3 aromatic rings. The fourth-order valence-electron chi connectivity index (χ4n) is 4.46. The Morgan fingerprint density at radius 2 is 2.06 bits per heavy atom. The lowest BCUT2D eigenvalue weighted by atomic mass is 9.79. The summed E-state index contributed by atoms with van der Waals surface area (Å²) in [5.41, 5.74) is -1.12. The molecule has 0 spiro atoms. The van der Waals surface area contributed by atoms with Gasteiger partial charge in [0.15, 0.2) is 4.80 Å². The molecule has 9 nitrogen and oxygen atoms in total. The quantitative estimate of drug-likeness (QED) is 0.437. The van der Waals surface area contributed by atoms with E-state index in [-0.39, 0.29) is 21.6 Å². The number of Topliss-reactive ketones (excluding diaryl/α,β-unsaturated/α-hetero) is 1. The maximum Gasteiger partial charge on any atom is 0.270 e. The van der Waals surface area contributed by atoms with Crippen molar-refractivity contribution in [3.63, 3.8) is 0 Å². The Hall–Kier alpha value is -3.79. The number of aromatic nitrogens is 1. The van der Waals surface area contributed by atoms with Gasteiger partial charge in [0.1, 0.15) is 17.5 Å². The van der Waals surface area contributed by atoms with Crippen LogP contribution in [0, 0.1) is 16.0 Å². The second kappa shape index (κ2) is 6.86. The number of carbonyl (C=O) groups is 1. The van der Waals surface area contributed by atoms with Crippen LogP contribution in [0.15, 0.2) is 52.3 Å². The smallest absolute Gasteiger partial charge is 0.270 e. The number of fused-ring (bicyclic) bond motifs is 6. The molecule has 0 saturated carbocycles. The Morgan fingerprint density at radius 1 is 1.31 bits per heavy atom. The second-order valence-corrected chi connectivity index (χ2v) is 8.90. The highest BCUT2D eigenvalue weighted by Crippen LogP contribution is 2.47. The van der Waals surface area contributed by atoms with Gasteiger partial charge in [0.05, 0.1) is 15.5 Å². The third-order valence-electron chi connectivity index (χ3n) is 5.81. The molecule has 0 unspecified atom stereocenters. The normalized spacial score (nSPS) is 23.5. The van der Waals surface area contributed by atoms with E-state index in [4.69, 9.17) is 4.74 Å². The molecule has 0 N–H and O–H groups in total. The van der Waals surface area contributed by atoms with E-state index in [1.807, 2.05) is 12.1 Å². The molecule has 0 radical (unpaired) electrons. The Balaban J connectivity index is 1.79. The summed E-state index contributed by atoms with van der Waals surface area (Å²) in [4.78, 5) is 41.5. The fourth-order valence-corrected chi connectivity index (χ4v) is 5.55. The van der Waals surface area contributed by atoms with E-state index in [1.54, 1.807) is 19.1 Å². The van der Waals surface area contributed by atoms with Crippen LogP contribution in [0.3, 0.4) is 0 Å². The van der Waals surface area contributed by atoms with E-state index in [0.717, 1.165) is 29.5 Å². The van der Waals surface area contributed by atoms with Gasteiger partial charge in [0.25, 0.3) is 11.2 Å². The molecule has 2 aliphatic heterocycles. The molecule has 162 valence electrons. The van der Waals surface area contributed by atoms with E-state index in [9.17, 15) is 24.8 Å². The van der Waals surface area contributed by atoms with Gasteiger partial charge in [-0.25, -0.2) is 4.99 Å². The average Bonchev–Trinajstić information content (AvgIpc) is 3.02. The maximum absolute atomic E-state index is 13.4. The van der Waals surface area contributed by atoms with Crippen LogP contribution >= 0.6 is 11.3 Å². The van der Waals surface area contributed by atoms with Crippen molar-refractivity contribution in [1.82, 2.24) is 4.57 Å². The number of hydrogen-bond donors (Lipinski definition) is 0. The first-order valence-corrected chi connectivity index (χ1v) is 10.6. The van der Waals surface area contributed by atoms with Gasteiger partial charge in [-0.2, -0.15) is 0 Å². The summed E-state index contributed by atoms with van der Waals surface area (Å²) in [6.45, 7) is 3.17. The molecular weight excluding hydrogens is 434 g/mol. The van der Waals surface area contributed by atoms with E-state index in [0.29, 0.717) is 16.1 Å². The molecule has 0 saturated heterocycles. The first-order valence-electron chi connectivity index (χ1n) is 9.76. The average molecular weight is 450 g/mol. The Bertz CT molecular complexity index is 1490. The van der Waals surface area contributed by atoms with Crippen molar-refractivity contribution in [2.75, 3.05) is 0 Å². The third-order valence-corrected chi connectivity index (χ3v) is 6.79. The van der Waals surface area contributed by atoms with E-state index in [2.05, 4.69) is 4.99 Å². The van der Waals surface area contributed by atoms with Crippen LogP contribution in [0.5, 0.6) is 11.5 Å². The van der Waals surface area contributed by atoms with Crippen molar-refractivity contribution in [3.05, 3.63) is 83.4 Å². The lowest BCUT2D eigenvalue weighted by Crippen LogP contribution is -2.58. The SMILES string of the molecule is CC(=O)[C@H]1[C@@H]2c3ccccc3O[C@@]1(C)N=c1s/c(=C\c3cc([N+](=O)[O-])ccc3[O-])c(=O)n12. The Labute approximate surface area is 184 Å². The number of rotatable bonds is 3. The zero-order chi connectivity index (χ0) is 22.8. The molecule has 2 aliphatic rings. The topological polar surface area (TPSA) is 127 Å². The summed E-state index contributed by atoms with van der Waals surface area (Å²) in [7, 11) is 0. The molecular formula is C22H16N3O6S-. The lowest BCUT2D eigenvalue weighted by Gasteiger charge is -2.45. The molecule has 1 aromatic heterocycles. The van der Waals surface area contributed by atoms with Gasteiger partial charge in [-0.05, 0) is 31.6 Å². The molecule has 3 atom stereocenters. The first-order chi connectivity index (χ1) is 15.2. The van der Waals surface area contributed by atoms with Gasteiger partial charge in [-0.15, -0.1) is 5.75 Å². The van der Waals surface area contributed by atoms with Crippen LogP contribution in [-0.4, -0.2) is 21.0 Å². The highest BCUT2D eigenvalue weighted by atomic mass is 32.1.